The van der Waals surface area contributed by atoms with Crippen molar-refractivity contribution in [1.29, 1.82) is 0 Å². The zero-order valence-corrected chi connectivity index (χ0v) is 18.2. The standard InChI is InChI=1S/C21H31N5OS/c1-6-15(4)25-20(27)17-9-7-16(8-10-17)11-23-21(22-5)24-12-19-26-18(13-28-19)14(2)3/h7-10,13-15H,6,11-12H2,1-5H3,(H,25,27)(H2,22,23,24). The summed E-state index contributed by atoms with van der Waals surface area (Å²) in [7, 11) is 1.75. The van der Waals surface area contributed by atoms with Crippen LogP contribution in [0.4, 0.5) is 0 Å². The van der Waals surface area contributed by atoms with E-state index in [1.807, 2.05) is 31.2 Å². The van der Waals surface area contributed by atoms with Crippen molar-refractivity contribution in [3.05, 3.63) is 51.5 Å². The van der Waals surface area contributed by atoms with Gasteiger partial charge >= 0.3 is 0 Å². The molecule has 0 saturated carbocycles. The number of guanidine groups is 1. The van der Waals surface area contributed by atoms with Crippen LogP contribution in [0.25, 0.3) is 0 Å². The quantitative estimate of drug-likeness (QED) is 0.466. The van der Waals surface area contributed by atoms with Crippen LogP contribution in [-0.4, -0.2) is 29.9 Å². The van der Waals surface area contributed by atoms with Gasteiger partial charge in [-0.2, -0.15) is 0 Å². The van der Waals surface area contributed by atoms with Crippen LogP contribution >= 0.6 is 11.3 Å². The molecule has 3 N–H and O–H groups in total. The summed E-state index contributed by atoms with van der Waals surface area (Å²) in [5, 5.41) is 12.7. The van der Waals surface area contributed by atoms with Gasteiger partial charge in [-0.3, -0.25) is 9.79 Å². The molecule has 0 aliphatic rings. The molecule has 1 atom stereocenters. The molecule has 0 bridgehead atoms. The fourth-order valence-electron chi connectivity index (χ4n) is 2.42. The molecule has 1 aromatic carbocycles. The van der Waals surface area contributed by atoms with Gasteiger partial charge in [-0.25, -0.2) is 4.98 Å². The van der Waals surface area contributed by atoms with Gasteiger partial charge in [0.1, 0.15) is 5.01 Å². The van der Waals surface area contributed by atoms with Gasteiger partial charge in [-0.1, -0.05) is 32.9 Å². The van der Waals surface area contributed by atoms with Crippen molar-refractivity contribution in [2.24, 2.45) is 4.99 Å². The Bertz CT molecular complexity index is 782. The Kier molecular flexibility index (Phi) is 8.44. The van der Waals surface area contributed by atoms with Crippen LogP contribution in [0.3, 0.4) is 0 Å². The van der Waals surface area contributed by atoms with E-state index in [0.29, 0.717) is 24.6 Å². The van der Waals surface area contributed by atoms with E-state index in [2.05, 4.69) is 52.1 Å². The lowest BCUT2D eigenvalue weighted by atomic mass is 10.1. The van der Waals surface area contributed by atoms with Gasteiger partial charge in [0.05, 0.1) is 12.2 Å². The van der Waals surface area contributed by atoms with Crippen LogP contribution in [0.5, 0.6) is 0 Å². The smallest absolute Gasteiger partial charge is 0.251 e. The molecule has 1 unspecified atom stereocenters. The first-order valence-electron chi connectivity index (χ1n) is 9.71. The Morgan fingerprint density at radius 1 is 1.14 bits per heavy atom. The second-order valence-corrected chi connectivity index (χ2v) is 8.02. The van der Waals surface area contributed by atoms with E-state index in [1.165, 1.54) is 0 Å². The third kappa shape index (κ3) is 6.64. The first kappa shape index (κ1) is 21.9. The van der Waals surface area contributed by atoms with E-state index < -0.39 is 0 Å². The Morgan fingerprint density at radius 3 is 2.39 bits per heavy atom. The molecule has 1 amide bonds. The molecule has 0 fully saturated rings. The lowest BCUT2D eigenvalue weighted by Gasteiger charge is -2.13. The van der Waals surface area contributed by atoms with E-state index in [0.717, 1.165) is 28.6 Å². The van der Waals surface area contributed by atoms with Crippen molar-refractivity contribution in [2.45, 2.75) is 59.2 Å². The number of aliphatic imine (C=N–C) groups is 1. The Labute approximate surface area is 171 Å². The number of carbonyl (C=O) groups is 1. The van der Waals surface area contributed by atoms with E-state index in [1.54, 1.807) is 18.4 Å². The molecule has 1 heterocycles. The van der Waals surface area contributed by atoms with E-state index in [9.17, 15) is 4.79 Å². The molecule has 0 aliphatic heterocycles. The van der Waals surface area contributed by atoms with Crippen LogP contribution in [0.15, 0.2) is 34.6 Å². The molecule has 6 nitrogen and oxygen atoms in total. The van der Waals surface area contributed by atoms with Crippen molar-refractivity contribution in [3.63, 3.8) is 0 Å². The van der Waals surface area contributed by atoms with Crippen LogP contribution in [0.2, 0.25) is 0 Å². The topological polar surface area (TPSA) is 78.4 Å². The molecule has 0 spiro atoms. The van der Waals surface area contributed by atoms with Crippen molar-refractivity contribution < 1.29 is 4.79 Å². The highest BCUT2D eigenvalue weighted by Gasteiger charge is 2.09. The van der Waals surface area contributed by atoms with Gasteiger partial charge in [0.15, 0.2) is 5.96 Å². The fourth-order valence-corrected chi connectivity index (χ4v) is 3.32. The SMILES string of the molecule is CCC(C)NC(=O)c1ccc(CNC(=NC)NCc2nc(C(C)C)cs2)cc1. The lowest BCUT2D eigenvalue weighted by molar-refractivity contribution is 0.0939. The summed E-state index contributed by atoms with van der Waals surface area (Å²) in [5.41, 5.74) is 2.89. The molecule has 7 heteroatoms. The average Bonchev–Trinajstić information content (AvgIpc) is 3.17. The van der Waals surface area contributed by atoms with Gasteiger partial charge in [-0.15, -0.1) is 11.3 Å². The first-order chi connectivity index (χ1) is 13.4. The third-order valence-corrected chi connectivity index (χ3v) is 5.32. The van der Waals surface area contributed by atoms with E-state index in [-0.39, 0.29) is 11.9 Å². The average molecular weight is 402 g/mol. The van der Waals surface area contributed by atoms with E-state index in [4.69, 9.17) is 0 Å². The summed E-state index contributed by atoms with van der Waals surface area (Å²) in [5.74, 6) is 1.13. The summed E-state index contributed by atoms with van der Waals surface area (Å²) in [6, 6.07) is 7.81. The highest BCUT2D eigenvalue weighted by atomic mass is 32.1. The summed E-state index contributed by atoms with van der Waals surface area (Å²) in [6.07, 6.45) is 0.916. The minimum Gasteiger partial charge on any atom is -0.352 e. The van der Waals surface area contributed by atoms with Crippen molar-refractivity contribution in [2.75, 3.05) is 7.05 Å². The molecule has 1 aromatic heterocycles. The fraction of sp³-hybridized carbons (Fsp3) is 0.476. The van der Waals surface area contributed by atoms with Crippen molar-refractivity contribution in [1.82, 2.24) is 20.9 Å². The molecule has 2 aromatic rings. The molecule has 152 valence electrons. The first-order valence-corrected chi connectivity index (χ1v) is 10.6. The predicted molar refractivity (Wildman–Crippen MR) is 117 cm³/mol. The Hall–Kier alpha value is -2.41. The zero-order chi connectivity index (χ0) is 20.5. The molecular formula is C21H31N5OS. The van der Waals surface area contributed by atoms with Crippen LogP contribution in [0, 0.1) is 0 Å². The zero-order valence-electron chi connectivity index (χ0n) is 17.4. The van der Waals surface area contributed by atoms with Crippen LogP contribution in [0.1, 0.15) is 66.7 Å². The van der Waals surface area contributed by atoms with Gasteiger partial charge < -0.3 is 16.0 Å². The largest absolute Gasteiger partial charge is 0.352 e. The highest BCUT2D eigenvalue weighted by Crippen LogP contribution is 2.17. The number of nitrogens with zero attached hydrogens (tertiary/aromatic N) is 2. The number of thiazole rings is 1. The van der Waals surface area contributed by atoms with Crippen LogP contribution < -0.4 is 16.0 Å². The minimum atomic E-state index is -0.0319. The summed E-state index contributed by atoms with van der Waals surface area (Å²) in [4.78, 5) is 21.0. The van der Waals surface area contributed by atoms with Gasteiger partial charge in [0.2, 0.25) is 0 Å². The number of hydrogen-bond donors (Lipinski definition) is 3. The maximum absolute atomic E-state index is 12.1. The second-order valence-electron chi connectivity index (χ2n) is 7.08. The highest BCUT2D eigenvalue weighted by molar-refractivity contribution is 7.09. The lowest BCUT2D eigenvalue weighted by Crippen LogP contribution is -2.36. The summed E-state index contributed by atoms with van der Waals surface area (Å²) >= 11 is 1.66. The predicted octanol–water partition coefficient (Wildman–Crippen LogP) is 3.66. The number of carbonyl (C=O) groups excluding carboxylic acids is 1. The number of amides is 1. The number of aromatic nitrogens is 1. The van der Waals surface area contributed by atoms with Gasteiger partial charge in [0, 0.05) is 30.6 Å². The van der Waals surface area contributed by atoms with Crippen molar-refractivity contribution in [3.8, 4) is 0 Å². The third-order valence-electron chi connectivity index (χ3n) is 4.46. The Morgan fingerprint density at radius 2 is 1.82 bits per heavy atom. The summed E-state index contributed by atoms with van der Waals surface area (Å²) in [6.45, 7) is 9.62. The Balaban J connectivity index is 1.83. The number of rotatable bonds is 8. The minimum absolute atomic E-state index is 0.0319. The molecule has 0 radical (unpaired) electrons. The normalized spacial score (nSPS) is 12.7. The number of nitrogens with one attached hydrogen (secondary N) is 3. The maximum atomic E-state index is 12.1. The molecule has 0 aliphatic carbocycles. The monoisotopic (exact) mass is 401 g/mol. The van der Waals surface area contributed by atoms with E-state index >= 15 is 0 Å². The summed E-state index contributed by atoms with van der Waals surface area (Å²) < 4.78 is 0. The number of hydrogen-bond acceptors (Lipinski definition) is 4. The maximum Gasteiger partial charge on any atom is 0.251 e. The van der Waals surface area contributed by atoms with Gasteiger partial charge in [-0.05, 0) is 37.0 Å². The molecule has 0 saturated heterocycles. The molecular weight excluding hydrogens is 370 g/mol. The van der Waals surface area contributed by atoms with Gasteiger partial charge in [0.25, 0.3) is 5.91 Å². The molecule has 28 heavy (non-hydrogen) atoms. The second kappa shape index (κ2) is 10.8. The number of benzene rings is 1. The molecule has 2 rings (SSSR count). The van der Waals surface area contributed by atoms with Crippen molar-refractivity contribution >= 4 is 23.2 Å². The van der Waals surface area contributed by atoms with Crippen LogP contribution in [-0.2, 0) is 13.1 Å².